The van der Waals surface area contributed by atoms with Crippen LogP contribution in [-0.2, 0) is 4.79 Å². The lowest BCUT2D eigenvalue weighted by Gasteiger charge is -2.22. The number of hydrogen-bond acceptors (Lipinski definition) is 5. The van der Waals surface area contributed by atoms with Gasteiger partial charge in [-0.15, -0.1) is 0 Å². The summed E-state index contributed by atoms with van der Waals surface area (Å²) >= 11 is 2.11. The molecule has 0 aliphatic carbocycles. The molecule has 0 spiro atoms. The van der Waals surface area contributed by atoms with Gasteiger partial charge in [0.05, 0.1) is 16.8 Å². The molecule has 0 saturated carbocycles. The van der Waals surface area contributed by atoms with Crippen molar-refractivity contribution in [3.63, 3.8) is 0 Å². The van der Waals surface area contributed by atoms with Crippen LogP contribution < -0.4 is 15.0 Å². The van der Waals surface area contributed by atoms with E-state index in [0.717, 1.165) is 3.57 Å². The zero-order valence-electron chi connectivity index (χ0n) is 18.3. The Morgan fingerprint density at radius 2 is 1.55 bits per heavy atom. The van der Waals surface area contributed by atoms with Gasteiger partial charge in [-0.1, -0.05) is 57.2 Å². The van der Waals surface area contributed by atoms with Gasteiger partial charge in [-0.25, -0.2) is 9.69 Å². The standard InChI is InChI=1S/C24H22IN5O3/c1-24(2,3)21(31)29-22-27-19-18(17(25)14-26-19)20(28-22)33-23(32)30(15-10-6-4-7-11-15)16-12-8-5-9-13-16/h4-14H,1-3H3,(H2,26,27,28,29,31). The van der Waals surface area contributed by atoms with Crippen molar-refractivity contribution in [1.29, 1.82) is 0 Å². The molecule has 33 heavy (non-hydrogen) atoms. The van der Waals surface area contributed by atoms with Gasteiger partial charge in [-0.05, 0) is 46.9 Å². The summed E-state index contributed by atoms with van der Waals surface area (Å²) in [5.74, 6) is -0.151. The van der Waals surface area contributed by atoms with Gasteiger partial charge in [0.15, 0.2) is 0 Å². The molecule has 4 rings (SSSR count). The Balaban J connectivity index is 1.74. The van der Waals surface area contributed by atoms with Crippen LogP contribution in [0, 0.1) is 8.99 Å². The summed E-state index contributed by atoms with van der Waals surface area (Å²) in [6, 6.07) is 18.4. The van der Waals surface area contributed by atoms with E-state index in [4.69, 9.17) is 4.74 Å². The summed E-state index contributed by atoms with van der Waals surface area (Å²) < 4.78 is 6.59. The van der Waals surface area contributed by atoms with Crippen LogP contribution in [0.15, 0.2) is 66.9 Å². The number of amides is 2. The number of nitrogens with zero attached hydrogens (tertiary/aromatic N) is 3. The van der Waals surface area contributed by atoms with Crippen LogP contribution in [0.25, 0.3) is 11.0 Å². The number of anilines is 3. The number of H-pyrrole nitrogens is 1. The number of halogens is 1. The Labute approximate surface area is 204 Å². The van der Waals surface area contributed by atoms with Gasteiger partial charge < -0.3 is 9.72 Å². The number of hydrogen-bond donors (Lipinski definition) is 2. The number of carbonyl (C=O) groups excluding carboxylic acids is 2. The molecule has 4 aromatic rings. The second kappa shape index (κ2) is 9.18. The van der Waals surface area contributed by atoms with Gasteiger partial charge in [-0.3, -0.25) is 10.1 Å². The molecule has 0 radical (unpaired) electrons. The fraction of sp³-hybridized carbons (Fsp3) is 0.167. The maximum Gasteiger partial charge on any atom is 0.425 e. The van der Waals surface area contributed by atoms with Gasteiger partial charge in [0, 0.05) is 15.2 Å². The Hall–Kier alpha value is -3.47. The highest BCUT2D eigenvalue weighted by Crippen LogP contribution is 2.31. The second-order valence-corrected chi connectivity index (χ2v) is 9.45. The quantitative estimate of drug-likeness (QED) is 0.306. The fourth-order valence-electron chi connectivity index (χ4n) is 3.02. The third kappa shape index (κ3) is 4.98. The van der Waals surface area contributed by atoms with Crippen molar-refractivity contribution >= 4 is 62.9 Å². The first-order valence-corrected chi connectivity index (χ1v) is 11.3. The van der Waals surface area contributed by atoms with Crippen molar-refractivity contribution in [3.8, 4) is 5.88 Å². The molecular formula is C24H22IN5O3. The average molecular weight is 555 g/mol. The SMILES string of the molecule is CC(C)(C)C(=O)Nc1nc(OC(=O)N(c2ccccc2)c2ccccc2)c2c(I)c[nH]c2n1. The monoisotopic (exact) mass is 555 g/mol. The van der Waals surface area contributed by atoms with Gasteiger partial charge in [0.2, 0.25) is 17.7 Å². The number of nitrogens with one attached hydrogen (secondary N) is 2. The number of rotatable bonds is 4. The first-order chi connectivity index (χ1) is 15.7. The Bertz CT molecular complexity index is 1260. The van der Waals surface area contributed by atoms with Gasteiger partial charge in [0.25, 0.3) is 0 Å². The maximum absolute atomic E-state index is 13.4. The summed E-state index contributed by atoms with van der Waals surface area (Å²) in [5, 5.41) is 3.26. The van der Waals surface area contributed by atoms with Crippen molar-refractivity contribution in [2.24, 2.45) is 5.41 Å². The van der Waals surface area contributed by atoms with Gasteiger partial charge >= 0.3 is 6.09 Å². The number of ether oxygens (including phenoxy) is 1. The van der Waals surface area contributed by atoms with E-state index < -0.39 is 11.5 Å². The molecule has 0 atom stereocenters. The summed E-state index contributed by atoms with van der Waals surface area (Å²) in [6.07, 6.45) is 1.09. The smallest absolute Gasteiger partial charge is 0.390 e. The summed E-state index contributed by atoms with van der Waals surface area (Å²) in [6.45, 7) is 5.37. The highest BCUT2D eigenvalue weighted by atomic mass is 127. The predicted molar refractivity (Wildman–Crippen MR) is 136 cm³/mol. The number of para-hydroxylation sites is 2. The van der Waals surface area contributed by atoms with Crippen LogP contribution in [0.5, 0.6) is 5.88 Å². The van der Waals surface area contributed by atoms with E-state index in [1.54, 1.807) is 27.0 Å². The zero-order valence-corrected chi connectivity index (χ0v) is 20.5. The molecule has 0 aliphatic heterocycles. The van der Waals surface area contributed by atoms with Crippen LogP contribution in [0.1, 0.15) is 20.8 Å². The number of aromatic nitrogens is 3. The lowest BCUT2D eigenvalue weighted by atomic mass is 9.96. The van der Waals surface area contributed by atoms with Crippen LogP contribution in [0.2, 0.25) is 0 Å². The molecule has 0 saturated heterocycles. The Morgan fingerprint density at radius 3 is 2.09 bits per heavy atom. The zero-order chi connectivity index (χ0) is 23.6. The topological polar surface area (TPSA) is 100 Å². The number of benzene rings is 2. The molecular weight excluding hydrogens is 533 g/mol. The van der Waals surface area contributed by atoms with E-state index in [9.17, 15) is 9.59 Å². The van der Waals surface area contributed by atoms with Crippen LogP contribution in [0.4, 0.5) is 22.1 Å². The van der Waals surface area contributed by atoms with Crippen LogP contribution in [-0.4, -0.2) is 27.0 Å². The van der Waals surface area contributed by atoms with Crippen molar-refractivity contribution in [1.82, 2.24) is 15.0 Å². The van der Waals surface area contributed by atoms with E-state index in [1.807, 2.05) is 60.7 Å². The molecule has 9 heteroatoms. The summed E-state index contributed by atoms with van der Waals surface area (Å²) in [5.41, 5.74) is 1.09. The molecule has 2 amide bonds. The van der Waals surface area contributed by atoms with Gasteiger partial charge in [-0.2, -0.15) is 9.97 Å². The molecule has 0 bridgehead atoms. The highest BCUT2D eigenvalue weighted by Gasteiger charge is 2.26. The predicted octanol–water partition coefficient (Wildman–Crippen LogP) is 5.88. The third-order valence-corrected chi connectivity index (χ3v) is 5.60. The van der Waals surface area contributed by atoms with Crippen molar-refractivity contribution < 1.29 is 14.3 Å². The molecule has 0 fully saturated rings. The summed E-state index contributed by atoms with van der Waals surface area (Å²) in [7, 11) is 0. The Morgan fingerprint density at radius 1 is 0.970 bits per heavy atom. The number of aromatic amines is 1. The second-order valence-electron chi connectivity index (χ2n) is 8.29. The highest BCUT2D eigenvalue weighted by molar-refractivity contribution is 14.1. The molecule has 168 valence electrons. The van der Waals surface area contributed by atoms with Gasteiger partial charge in [0.1, 0.15) is 5.65 Å². The minimum Gasteiger partial charge on any atom is -0.390 e. The summed E-state index contributed by atoms with van der Waals surface area (Å²) in [4.78, 5) is 39.1. The first kappa shape index (κ1) is 22.7. The Kier molecular flexibility index (Phi) is 6.32. The van der Waals surface area contributed by atoms with E-state index in [1.165, 1.54) is 4.90 Å². The normalized spacial score (nSPS) is 11.3. The molecule has 2 N–H and O–H groups in total. The van der Waals surface area contributed by atoms with Crippen molar-refractivity contribution in [2.45, 2.75) is 20.8 Å². The molecule has 2 aromatic carbocycles. The van der Waals surface area contributed by atoms with E-state index in [2.05, 4.69) is 42.9 Å². The van der Waals surface area contributed by atoms with Crippen molar-refractivity contribution in [3.05, 3.63) is 70.4 Å². The maximum atomic E-state index is 13.4. The minimum absolute atomic E-state index is 0.0504. The van der Waals surface area contributed by atoms with Crippen molar-refractivity contribution in [2.75, 3.05) is 10.2 Å². The lowest BCUT2D eigenvalue weighted by Crippen LogP contribution is -2.30. The number of carbonyl (C=O) groups is 2. The first-order valence-electron chi connectivity index (χ1n) is 10.2. The fourth-order valence-corrected chi connectivity index (χ4v) is 3.67. The molecule has 8 nitrogen and oxygen atoms in total. The minimum atomic E-state index is -0.642. The largest absolute Gasteiger partial charge is 0.425 e. The molecule has 0 unspecified atom stereocenters. The number of fused-ring (bicyclic) bond motifs is 1. The molecule has 2 heterocycles. The average Bonchev–Trinajstić information content (AvgIpc) is 3.15. The van der Waals surface area contributed by atoms with E-state index in [-0.39, 0.29) is 17.7 Å². The lowest BCUT2D eigenvalue weighted by molar-refractivity contribution is -0.123. The third-order valence-electron chi connectivity index (χ3n) is 4.75. The van der Waals surface area contributed by atoms with Crippen LogP contribution in [0.3, 0.4) is 0 Å². The van der Waals surface area contributed by atoms with Crippen LogP contribution >= 0.6 is 22.6 Å². The molecule has 2 aromatic heterocycles. The molecule has 0 aliphatic rings. The van der Waals surface area contributed by atoms with E-state index in [0.29, 0.717) is 22.4 Å². The van der Waals surface area contributed by atoms with E-state index >= 15 is 0 Å².